The predicted molar refractivity (Wildman–Crippen MR) is 115 cm³/mol. The van der Waals surface area contributed by atoms with Gasteiger partial charge >= 0.3 is 0 Å². The summed E-state index contributed by atoms with van der Waals surface area (Å²) in [5.41, 5.74) is 1.34. The van der Waals surface area contributed by atoms with E-state index in [-0.39, 0.29) is 12.2 Å². The van der Waals surface area contributed by atoms with Gasteiger partial charge in [0.25, 0.3) is 0 Å². The molecule has 0 radical (unpaired) electrons. The molecule has 1 aliphatic rings. The molecule has 1 fully saturated rings. The number of para-hydroxylation sites is 1. The second kappa shape index (κ2) is 8.00. The number of alkyl halides is 3. The van der Waals surface area contributed by atoms with Crippen molar-refractivity contribution in [2.45, 2.75) is 15.8 Å². The summed E-state index contributed by atoms with van der Waals surface area (Å²) >= 11 is 17.9. The summed E-state index contributed by atoms with van der Waals surface area (Å²) in [5, 5.41) is 0. The second-order valence-corrected chi connectivity index (χ2v) is 9.41. The monoisotopic (exact) mass is 446 g/mol. The highest BCUT2D eigenvalue weighted by molar-refractivity contribution is 6.67. The molecule has 1 aliphatic heterocycles. The van der Waals surface area contributed by atoms with Gasteiger partial charge in [0.05, 0.1) is 12.2 Å². The fourth-order valence-electron chi connectivity index (χ4n) is 3.24. The molecule has 1 heterocycles. The lowest BCUT2D eigenvalue weighted by Crippen LogP contribution is -2.18. The molecule has 3 aromatic rings. The largest absolute Gasteiger partial charge is 0.457 e. The SMILES string of the molecule is O=C(c1ccccc1)c1ccccc1Oc1cccc(C2(CC(Cl)(Cl)Cl)CO2)c1. The Morgan fingerprint density at radius 3 is 2.34 bits per heavy atom. The third-order valence-corrected chi connectivity index (χ3v) is 5.14. The molecule has 0 aromatic heterocycles. The third kappa shape index (κ3) is 4.76. The Bertz CT molecular complexity index is 1020. The van der Waals surface area contributed by atoms with Gasteiger partial charge in [0.2, 0.25) is 0 Å². The first-order valence-corrected chi connectivity index (χ1v) is 10.2. The van der Waals surface area contributed by atoms with Crippen LogP contribution in [0.4, 0.5) is 0 Å². The van der Waals surface area contributed by atoms with E-state index in [2.05, 4.69) is 0 Å². The number of epoxide rings is 1. The number of ether oxygens (including phenoxy) is 2. The van der Waals surface area contributed by atoms with Gasteiger partial charge < -0.3 is 9.47 Å². The molecule has 1 saturated heterocycles. The zero-order chi connectivity index (χ0) is 20.5. The number of carbonyl (C=O) groups is 1. The lowest BCUT2D eigenvalue weighted by molar-refractivity contribution is 0.103. The number of ketones is 1. The van der Waals surface area contributed by atoms with E-state index in [1.165, 1.54) is 0 Å². The van der Waals surface area contributed by atoms with Crippen molar-refractivity contribution in [1.82, 2.24) is 0 Å². The molecule has 3 aromatic carbocycles. The van der Waals surface area contributed by atoms with Crippen LogP contribution in [-0.4, -0.2) is 16.2 Å². The number of carbonyl (C=O) groups excluding carboxylic acids is 1. The van der Waals surface area contributed by atoms with Crippen molar-refractivity contribution in [3.05, 3.63) is 95.6 Å². The van der Waals surface area contributed by atoms with Gasteiger partial charge in [-0.3, -0.25) is 4.79 Å². The summed E-state index contributed by atoms with van der Waals surface area (Å²) in [7, 11) is 0. The van der Waals surface area contributed by atoms with Crippen LogP contribution in [0.25, 0.3) is 0 Å². The molecule has 1 unspecified atom stereocenters. The highest BCUT2D eigenvalue weighted by atomic mass is 35.6. The molecule has 0 amide bonds. The molecule has 6 heteroatoms. The van der Waals surface area contributed by atoms with Crippen molar-refractivity contribution in [3.63, 3.8) is 0 Å². The quantitative estimate of drug-likeness (QED) is 0.240. The van der Waals surface area contributed by atoms with Crippen LogP contribution in [0.1, 0.15) is 27.9 Å². The van der Waals surface area contributed by atoms with Crippen LogP contribution >= 0.6 is 34.8 Å². The topological polar surface area (TPSA) is 38.8 Å². The molecule has 1 atom stereocenters. The van der Waals surface area contributed by atoms with Gasteiger partial charge in [-0.05, 0) is 29.8 Å². The molecule has 4 rings (SSSR count). The first-order valence-electron chi connectivity index (χ1n) is 9.04. The Balaban J connectivity index is 1.61. The van der Waals surface area contributed by atoms with E-state index in [0.29, 0.717) is 29.2 Å². The molecule has 0 saturated carbocycles. The lowest BCUT2D eigenvalue weighted by Gasteiger charge is -2.19. The average molecular weight is 448 g/mol. The fourth-order valence-corrected chi connectivity index (χ4v) is 3.89. The standard InChI is InChI=1S/C23H17Cl3O3/c24-23(25,26)14-22(15-28-22)17-9-6-10-18(13-17)29-20-12-5-4-11-19(20)21(27)16-7-2-1-3-8-16/h1-13H,14-15H2. The number of benzene rings is 3. The first-order chi connectivity index (χ1) is 13.9. The van der Waals surface area contributed by atoms with E-state index >= 15 is 0 Å². The minimum Gasteiger partial charge on any atom is -0.457 e. The summed E-state index contributed by atoms with van der Waals surface area (Å²) < 4.78 is 10.3. The number of hydrogen-bond donors (Lipinski definition) is 0. The van der Waals surface area contributed by atoms with Crippen LogP contribution in [0.15, 0.2) is 78.9 Å². The van der Waals surface area contributed by atoms with Crippen LogP contribution < -0.4 is 4.74 Å². The predicted octanol–water partition coefficient (Wildman–Crippen LogP) is 6.70. The Morgan fingerprint density at radius 1 is 0.966 bits per heavy atom. The van der Waals surface area contributed by atoms with Crippen LogP contribution in [0.3, 0.4) is 0 Å². The Labute approximate surface area is 184 Å². The van der Waals surface area contributed by atoms with Crippen molar-refractivity contribution in [1.29, 1.82) is 0 Å². The highest BCUT2D eigenvalue weighted by Gasteiger charge is 2.51. The number of rotatable bonds is 6. The van der Waals surface area contributed by atoms with Crippen molar-refractivity contribution < 1.29 is 14.3 Å². The van der Waals surface area contributed by atoms with Gasteiger partial charge in [0.1, 0.15) is 17.1 Å². The van der Waals surface area contributed by atoms with Gasteiger partial charge in [0.15, 0.2) is 9.58 Å². The summed E-state index contributed by atoms with van der Waals surface area (Å²) in [5.74, 6) is 0.955. The second-order valence-electron chi connectivity index (χ2n) is 6.90. The molecule has 0 aliphatic carbocycles. The Morgan fingerprint density at radius 2 is 1.66 bits per heavy atom. The molecular formula is C23H17Cl3O3. The zero-order valence-corrected chi connectivity index (χ0v) is 17.5. The van der Waals surface area contributed by atoms with E-state index in [1.807, 2.05) is 54.6 Å². The summed E-state index contributed by atoms with van der Waals surface area (Å²) in [6.45, 7) is 0.480. The molecule has 3 nitrogen and oxygen atoms in total. The molecule has 0 N–H and O–H groups in total. The van der Waals surface area contributed by atoms with Crippen LogP contribution in [0.2, 0.25) is 0 Å². The van der Waals surface area contributed by atoms with Crippen molar-refractivity contribution in [2.24, 2.45) is 0 Å². The van der Waals surface area contributed by atoms with Gasteiger partial charge in [-0.2, -0.15) is 0 Å². The zero-order valence-electron chi connectivity index (χ0n) is 15.3. The van der Waals surface area contributed by atoms with Gasteiger partial charge in [-0.15, -0.1) is 0 Å². The highest BCUT2D eigenvalue weighted by Crippen LogP contribution is 2.50. The van der Waals surface area contributed by atoms with E-state index in [4.69, 9.17) is 44.3 Å². The minimum absolute atomic E-state index is 0.101. The molecule has 29 heavy (non-hydrogen) atoms. The summed E-state index contributed by atoms with van der Waals surface area (Å²) in [4.78, 5) is 12.9. The van der Waals surface area contributed by atoms with E-state index in [0.717, 1.165) is 5.56 Å². The summed E-state index contributed by atoms with van der Waals surface area (Å²) in [6.07, 6.45) is 0.247. The van der Waals surface area contributed by atoms with Crippen molar-refractivity contribution in [3.8, 4) is 11.5 Å². The first kappa shape index (κ1) is 20.2. The van der Waals surface area contributed by atoms with Gasteiger partial charge in [0, 0.05) is 12.0 Å². The summed E-state index contributed by atoms with van der Waals surface area (Å²) in [6, 6.07) is 23.7. The minimum atomic E-state index is -1.41. The van der Waals surface area contributed by atoms with Gasteiger partial charge in [-0.25, -0.2) is 0 Å². The maximum absolute atomic E-state index is 12.9. The van der Waals surface area contributed by atoms with E-state index in [1.54, 1.807) is 24.3 Å². The van der Waals surface area contributed by atoms with Crippen molar-refractivity contribution >= 4 is 40.6 Å². The molecular weight excluding hydrogens is 431 g/mol. The number of hydrogen-bond acceptors (Lipinski definition) is 3. The molecule has 148 valence electrons. The number of halogens is 3. The van der Waals surface area contributed by atoms with Crippen molar-refractivity contribution in [2.75, 3.05) is 6.61 Å². The normalized spacial score (nSPS) is 18.3. The Kier molecular flexibility index (Phi) is 5.58. The van der Waals surface area contributed by atoms with E-state index < -0.39 is 9.39 Å². The fraction of sp³-hybridized carbons (Fsp3) is 0.174. The van der Waals surface area contributed by atoms with Crippen LogP contribution in [0, 0.1) is 0 Å². The maximum Gasteiger partial charge on any atom is 0.196 e. The molecule has 0 spiro atoms. The Hall–Kier alpha value is -2.04. The maximum atomic E-state index is 12.9. The van der Waals surface area contributed by atoms with Gasteiger partial charge in [-0.1, -0.05) is 89.4 Å². The average Bonchev–Trinajstić information content (AvgIpc) is 3.48. The van der Waals surface area contributed by atoms with E-state index in [9.17, 15) is 4.79 Å². The molecule has 0 bridgehead atoms. The lowest BCUT2D eigenvalue weighted by atomic mass is 9.97. The van der Waals surface area contributed by atoms with Crippen LogP contribution in [0.5, 0.6) is 11.5 Å². The van der Waals surface area contributed by atoms with Crippen LogP contribution in [-0.2, 0) is 10.3 Å². The smallest absolute Gasteiger partial charge is 0.196 e. The third-order valence-electron chi connectivity index (χ3n) is 4.73.